The number of hydrogen-bond donors (Lipinski definition) is 2. The summed E-state index contributed by atoms with van der Waals surface area (Å²) in [6, 6.07) is -0.381. The zero-order valence-electron chi connectivity index (χ0n) is 13.8. The molecule has 122 valence electrons. The number of carboxylic acid groups (broad SMARTS) is 1. The van der Waals surface area contributed by atoms with Crippen LogP contribution in [0.3, 0.4) is 0 Å². The van der Waals surface area contributed by atoms with E-state index in [1.165, 1.54) is 17.7 Å². The molecule has 1 aliphatic rings. The van der Waals surface area contributed by atoms with Crippen LogP contribution in [0.2, 0.25) is 0 Å². The summed E-state index contributed by atoms with van der Waals surface area (Å²) in [5.41, 5.74) is 0.204. The van der Waals surface area contributed by atoms with E-state index in [4.69, 9.17) is 5.11 Å². The van der Waals surface area contributed by atoms with Crippen molar-refractivity contribution in [2.75, 3.05) is 13.1 Å². The quantitative estimate of drug-likeness (QED) is 0.759. The van der Waals surface area contributed by atoms with Crippen LogP contribution in [-0.4, -0.2) is 41.1 Å². The lowest BCUT2D eigenvalue weighted by atomic mass is 9.78. The molecular weight excluding hydrogens is 268 g/mol. The second kappa shape index (κ2) is 7.66. The molecule has 0 aromatic carbocycles. The van der Waals surface area contributed by atoms with Gasteiger partial charge in [0.25, 0.3) is 0 Å². The van der Waals surface area contributed by atoms with Crippen LogP contribution in [0.5, 0.6) is 0 Å². The Morgan fingerprint density at radius 3 is 2.19 bits per heavy atom. The number of amides is 2. The van der Waals surface area contributed by atoms with E-state index in [1.807, 2.05) is 13.8 Å². The predicted molar refractivity (Wildman–Crippen MR) is 83.2 cm³/mol. The first-order valence-corrected chi connectivity index (χ1v) is 8.02. The molecule has 2 amide bonds. The predicted octanol–water partition coefficient (Wildman–Crippen LogP) is 3.10. The average molecular weight is 298 g/mol. The van der Waals surface area contributed by atoms with Crippen molar-refractivity contribution in [2.24, 2.45) is 11.3 Å². The Kier molecular flexibility index (Phi) is 6.49. The smallest absolute Gasteiger partial charge is 0.323 e. The van der Waals surface area contributed by atoms with Crippen LogP contribution in [0.4, 0.5) is 4.79 Å². The third-order valence-corrected chi connectivity index (χ3v) is 4.31. The van der Waals surface area contributed by atoms with Crippen molar-refractivity contribution in [3.63, 3.8) is 0 Å². The molecule has 2 N–H and O–H groups in total. The second-order valence-electron chi connectivity index (χ2n) is 7.08. The molecule has 5 heteroatoms. The van der Waals surface area contributed by atoms with E-state index in [-0.39, 0.29) is 24.0 Å². The van der Waals surface area contributed by atoms with Crippen molar-refractivity contribution in [1.82, 2.24) is 10.2 Å². The number of aliphatic carboxylic acids is 1. The molecule has 0 spiro atoms. The van der Waals surface area contributed by atoms with Gasteiger partial charge >= 0.3 is 12.0 Å². The van der Waals surface area contributed by atoms with Gasteiger partial charge in [0.1, 0.15) is 6.54 Å². The van der Waals surface area contributed by atoms with E-state index >= 15 is 0 Å². The lowest BCUT2D eigenvalue weighted by Gasteiger charge is -2.33. The molecule has 21 heavy (non-hydrogen) atoms. The van der Waals surface area contributed by atoms with Crippen molar-refractivity contribution in [3.05, 3.63) is 0 Å². The summed E-state index contributed by atoms with van der Waals surface area (Å²) in [5.74, 6) is -0.364. The summed E-state index contributed by atoms with van der Waals surface area (Å²) in [6.45, 7) is 8.51. The third kappa shape index (κ3) is 5.56. The maximum Gasteiger partial charge on any atom is 0.323 e. The maximum absolute atomic E-state index is 12.3. The molecule has 5 nitrogen and oxygen atoms in total. The summed E-state index contributed by atoms with van der Waals surface area (Å²) in [7, 11) is 0. The zero-order valence-corrected chi connectivity index (χ0v) is 13.8. The van der Waals surface area contributed by atoms with Crippen LogP contribution in [-0.2, 0) is 4.79 Å². The molecule has 0 aliphatic heterocycles. The Balaban J connectivity index is 2.61. The van der Waals surface area contributed by atoms with Gasteiger partial charge in [0.05, 0.1) is 0 Å². The number of carboxylic acids is 1. The lowest BCUT2D eigenvalue weighted by molar-refractivity contribution is -0.138. The Hall–Kier alpha value is -1.26. The second-order valence-corrected chi connectivity index (χ2v) is 7.08. The minimum atomic E-state index is -0.975. The van der Waals surface area contributed by atoms with Crippen molar-refractivity contribution < 1.29 is 14.7 Å². The topological polar surface area (TPSA) is 69.6 Å². The summed E-state index contributed by atoms with van der Waals surface area (Å²) in [4.78, 5) is 24.5. The number of hydrogen-bond acceptors (Lipinski definition) is 2. The highest BCUT2D eigenvalue weighted by atomic mass is 16.4. The van der Waals surface area contributed by atoms with Crippen LogP contribution in [0.25, 0.3) is 0 Å². The van der Waals surface area contributed by atoms with Crippen molar-refractivity contribution in [3.8, 4) is 0 Å². The van der Waals surface area contributed by atoms with Gasteiger partial charge in [-0.25, -0.2) is 4.79 Å². The Morgan fingerprint density at radius 1 is 1.19 bits per heavy atom. The normalized spacial score (nSPS) is 17.2. The fourth-order valence-corrected chi connectivity index (χ4v) is 3.44. The van der Waals surface area contributed by atoms with E-state index in [2.05, 4.69) is 19.2 Å². The summed E-state index contributed by atoms with van der Waals surface area (Å²) in [5, 5.41) is 11.9. The Labute approximate surface area is 128 Å². The molecular formula is C16H30N2O3. The van der Waals surface area contributed by atoms with Gasteiger partial charge in [0.2, 0.25) is 0 Å². The van der Waals surface area contributed by atoms with E-state index in [1.54, 1.807) is 0 Å². The average Bonchev–Trinajstić information content (AvgIpc) is 2.80. The lowest BCUT2D eigenvalue weighted by Crippen LogP contribution is -2.49. The highest BCUT2D eigenvalue weighted by molar-refractivity contribution is 5.80. The molecule has 0 radical (unpaired) electrons. The van der Waals surface area contributed by atoms with Crippen molar-refractivity contribution >= 4 is 12.0 Å². The number of nitrogens with zero attached hydrogens (tertiary/aromatic N) is 1. The molecule has 0 heterocycles. The van der Waals surface area contributed by atoms with Gasteiger partial charge in [-0.1, -0.05) is 26.7 Å². The number of rotatable bonds is 7. The van der Waals surface area contributed by atoms with Crippen LogP contribution in [0.1, 0.15) is 59.8 Å². The first kappa shape index (κ1) is 17.8. The number of carbonyl (C=O) groups excluding carboxylic acids is 1. The molecule has 0 atom stereocenters. The van der Waals surface area contributed by atoms with Gasteiger partial charge in [-0.3, -0.25) is 4.79 Å². The van der Waals surface area contributed by atoms with Crippen LogP contribution >= 0.6 is 0 Å². The van der Waals surface area contributed by atoms with Gasteiger partial charge in [0.15, 0.2) is 0 Å². The highest BCUT2D eigenvalue weighted by Crippen LogP contribution is 2.42. The monoisotopic (exact) mass is 298 g/mol. The number of carbonyl (C=O) groups is 2. The number of urea groups is 1. The first-order valence-electron chi connectivity index (χ1n) is 8.02. The van der Waals surface area contributed by atoms with E-state index in [9.17, 15) is 9.59 Å². The van der Waals surface area contributed by atoms with E-state index in [0.717, 1.165) is 19.3 Å². The van der Waals surface area contributed by atoms with Crippen molar-refractivity contribution in [1.29, 1.82) is 0 Å². The molecule has 0 saturated heterocycles. The molecule has 0 unspecified atom stereocenters. The fourth-order valence-electron chi connectivity index (χ4n) is 3.44. The molecule has 0 bridgehead atoms. The van der Waals surface area contributed by atoms with E-state index in [0.29, 0.717) is 12.5 Å². The van der Waals surface area contributed by atoms with Gasteiger partial charge in [-0.2, -0.15) is 0 Å². The van der Waals surface area contributed by atoms with Gasteiger partial charge in [-0.05, 0) is 44.4 Å². The summed E-state index contributed by atoms with van der Waals surface area (Å²) < 4.78 is 0. The van der Waals surface area contributed by atoms with Gasteiger partial charge < -0.3 is 15.3 Å². The van der Waals surface area contributed by atoms with Crippen LogP contribution in [0.15, 0.2) is 0 Å². The molecule has 1 fully saturated rings. The Bertz CT molecular complexity index is 361. The van der Waals surface area contributed by atoms with Gasteiger partial charge in [-0.15, -0.1) is 0 Å². The zero-order chi connectivity index (χ0) is 16.0. The highest BCUT2D eigenvalue weighted by Gasteiger charge is 2.35. The largest absolute Gasteiger partial charge is 0.480 e. The summed E-state index contributed by atoms with van der Waals surface area (Å²) >= 11 is 0. The first-order chi connectivity index (χ1) is 9.76. The molecule has 0 aromatic heterocycles. The molecule has 1 aliphatic carbocycles. The molecule has 1 rings (SSSR count). The van der Waals surface area contributed by atoms with Crippen LogP contribution < -0.4 is 5.32 Å². The standard InChI is InChI=1S/C16H30N2O3/c1-12(2)9-16(7-5-6-8-16)11-17-15(21)18(13(3)4)10-14(19)20/h12-13H,5-11H2,1-4H3,(H,17,21)(H,19,20). The molecule has 1 saturated carbocycles. The minimum Gasteiger partial charge on any atom is -0.480 e. The van der Waals surface area contributed by atoms with Crippen LogP contribution in [0, 0.1) is 11.3 Å². The third-order valence-electron chi connectivity index (χ3n) is 4.31. The number of nitrogens with one attached hydrogen (secondary N) is 1. The SMILES string of the molecule is CC(C)CC1(CNC(=O)N(CC(=O)O)C(C)C)CCCC1. The fraction of sp³-hybridized carbons (Fsp3) is 0.875. The maximum atomic E-state index is 12.3. The Morgan fingerprint density at radius 2 is 1.76 bits per heavy atom. The molecule has 0 aromatic rings. The van der Waals surface area contributed by atoms with E-state index < -0.39 is 5.97 Å². The minimum absolute atomic E-state index is 0.120. The van der Waals surface area contributed by atoms with Gasteiger partial charge in [0, 0.05) is 12.6 Å². The van der Waals surface area contributed by atoms with Crippen molar-refractivity contribution in [2.45, 2.75) is 65.8 Å². The summed E-state index contributed by atoms with van der Waals surface area (Å²) in [6.07, 6.45) is 5.89.